The van der Waals surface area contributed by atoms with Crippen LogP contribution >= 0.6 is 11.6 Å². The lowest BCUT2D eigenvalue weighted by molar-refractivity contribution is -0.135. The zero-order valence-electron chi connectivity index (χ0n) is 7.98. The second-order valence-corrected chi connectivity index (χ2v) is 2.94. The van der Waals surface area contributed by atoms with Crippen molar-refractivity contribution in [3.05, 3.63) is 23.1 Å². The van der Waals surface area contributed by atoms with E-state index in [-0.39, 0.29) is 11.7 Å². The summed E-state index contributed by atoms with van der Waals surface area (Å²) in [6, 6.07) is 0. The summed E-state index contributed by atoms with van der Waals surface area (Å²) in [7, 11) is 1.45. The predicted molar refractivity (Wildman–Crippen MR) is 54.9 cm³/mol. The number of nitrogens with zero attached hydrogens (tertiary/aromatic N) is 2. The summed E-state index contributed by atoms with van der Waals surface area (Å²) in [6.45, 7) is 0. The van der Waals surface area contributed by atoms with Crippen molar-refractivity contribution in [3.63, 3.8) is 0 Å². The molecule has 6 heteroatoms. The van der Waals surface area contributed by atoms with Gasteiger partial charge in [-0.05, 0) is 11.6 Å². The lowest BCUT2D eigenvalue weighted by Crippen LogP contribution is -1.94. The average Bonchev–Trinajstić information content (AvgIpc) is 2.19. The van der Waals surface area contributed by atoms with Crippen LogP contribution in [0.2, 0.25) is 5.28 Å². The van der Waals surface area contributed by atoms with Gasteiger partial charge in [0.2, 0.25) is 11.2 Å². The van der Waals surface area contributed by atoms with Crippen LogP contribution in [-0.2, 0) is 4.79 Å². The van der Waals surface area contributed by atoms with Crippen molar-refractivity contribution in [1.29, 1.82) is 0 Å². The van der Waals surface area contributed by atoms with Crippen molar-refractivity contribution in [2.45, 2.75) is 6.42 Å². The minimum absolute atomic E-state index is 0.0637. The maximum atomic E-state index is 10.3. The number of carbonyl (C=O) groups is 1. The molecule has 0 spiro atoms. The summed E-state index contributed by atoms with van der Waals surface area (Å²) in [5.41, 5.74) is 0.586. The van der Waals surface area contributed by atoms with E-state index in [0.717, 1.165) is 0 Å². The monoisotopic (exact) mass is 228 g/mol. The molecule has 0 aliphatic rings. The molecule has 0 amide bonds. The van der Waals surface area contributed by atoms with Gasteiger partial charge in [0.15, 0.2) is 0 Å². The number of aromatic nitrogens is 2. The molecule has 1 heterocycles. The molecule has 5 nitrogen and oxygen atoms in total. The number of carboxylic acid groups (broad SMARTS) is 1. The second-order valence-electron chi connectivity index (χ2n) is 2.60. The summed E-state index contributed by atoms with van der Waals surface area (Å²) in [5, 5.41) is 8.51. The smallest absolute Gasteiger partial charge is 0.307 e. The molecular formula is C9H9ClN2O3. The molecule has 0 aliphatic heterocycles. The van der Waals surface area contributed by atoms with E-state index in [1.165, 1.54) is 19.4 Å². The van der Waals surface area contributed by atoms with Gasteiger partial charge in [0.25, 0.3) is 0 Å². The van der Waals surface area contributed by atoms with E-state index < -0.39 is 5.97 Å². The van der Waals surface area contributed by atoms with Gasteiger partial charge in [-0.15, -0.1) is 0 Å². The molecule has 0 radical (unpaired) electrons. The van der Waals surface area contributed by atoms with Gasteiger partial charge in [0.05, 0.1) is 19.1 Å². The lowest BCUT2D eigenvalue weighted by Gasteiger charge is -2.02. The fourth-order valence-electron chi connectivity index (χ4n) is 0.920. The highest BCUT2D eigenvalue weighted by molar-refractivity contribution is 6.28. The van der Waals surface area contributed by atoms with Crippen LogP contribution in [0.25, 0.3) is 6.08 Å². The van der Waals surface area contributed by atoms with Crippen LogP contribution in [0.15, 0.2) is 12.3 Å². The Hall–Kier alpha value is -1.62. The molecule has 0 atom stereocenters. The Morgan fingerprint density at radius 1 is 1.73 bits per heavy atom. The van der Waals surface area contributed by atoms with Gasteiger partial charge in [0.1, 0.15) is 0 Å². The third-order valence-corrected chi connectivity index (χ3v) is 1.72. The first-order chi connectivity index (χ1) is 7.13. The van der Waals surface area contributed by atoms with Gasteiger partial charge < -0.3 is 9.84 Å². The van der Waals surface area contributed by atoms with Gasteiger partial charge >= 0.3 is 5.97 Å². The number of aliphatic carboxylic acids is 1. The first-order valence-corrected chi connectivity index (χ1v) is 4.46. The molecule has 15 heavy (non-hydrogen) atoms. The van der Waals surface area contributed by atoms with Gasteiger partial charge in [-0.2, -0.15) is 4.98 Å². The molecule has 1 N–H and O–H groups in total. The fraction of sp³-hybridized carbons (Fsp3) is 0.222. The number of ether oxygens (including phenoxy) is 1. The van der Waals surface area contributed by atoms with Crippen LogP contribution < -0.4 is 4.74 Å². The summed E-state index contributed by atoms with van der Waals surface area (Å²) >= 11 is 5.56. The largest absolute Gasteiger partial charge is 0.481 e. The van der Waals surface area contributed by atoms with E-state index >= 15 is 0 Å². The van der Waals surface area contributed by atoms with Crippen molar-refractivity contribution in [3.8, 4) is 5.88 Å². The van der Waals surface area contributed by atoms with E-state index in [0.29, 0.717) is 11.4 Å². The maximum absolute atomic E-state index is 10.3. The number of rotatable bonds is 4. The highest BCUT2D eigenvalue weighted by Gasteiger charge is 2.03. The van der Waals surface area contributed by atoms with Crippen LogP contribution in [-0.4, -0.2) is 28.2 Å². The van der Waals surface area contributed by atoms with Crippen LogP contribution in [0, 0.1) is 0 Å². The molecule has 0 aromatic carbocycles. The Labute approximate surface area is 91.4 Å². The average molecular weight is 229 g/mol. The van der Waals surface area contributed by atoms with Gasteiger partial charge in [0, 0.05) is 6.20 Å². The summed E-state index contributed by atoms with van der Waals surface area (Å²) in [5.74, 6) is -0.586. The number of hydrogen-bond acceptors (Lipinski definition) is 4. The minimum atomic E-state index is -0.903. The molecule has 0 unspecified atom stereocenters. The van der Waals surface area contributed by atoms with Crippen LogP contribution in [0.4, 0.5) is 0 Å². The van der Waals surface area contributed by atoms with E-state index in [1.54, 1.807) is 6.08 Å². The number of carboxylic acids is 1. The Morgan fingerprint density at radius 3 is 3.07 bits per heavy atom. The zero-order chi connectivity index (χ0) is 11.3. The fourth-order valence-corrected chi connectivity index (χ4v) is 1.05. The van der Waals surface area contributed by atoms with Crippen LogP contribution in [0.1, 0.15) is 12.0 Å². The Kier molecular flexibility index (Phi) is 4.05. The maximum Gasteiger partial charge on any atom is 0.307 e. The summed E-state index contributed by atoms with van der Waals surface area (Å²) in [4.78, 5) is 17.8. The third kappa shape index (κ3) is 3.55. The van der Waals surface area contributed by atoms with Crippen molar-refractivity contribution >= 4 is 23.6 Å². The molecule has 1 aromatic heterocycles. The van der Waals surface area contributed by atoms with Gasteiger partial charge in [-0.25, -0.2) is 4.98 Å². The number of halogens is 1. The molecular weight excluding hydrogens is 220 g/mol. The highest BCUT2D eigenvalue weighted by Crippen LogP contribution is 2.17. The standard InChI is InChI=1S/C9H9ClN2O3/c1-15-8-6(3-2-4-7(13)14)5-11-9(10)12-8/h2-3,5H,4H2,1H3,(H,13,14). The van der Waals surface area contributed by atoms with Crippen molar-refractivity contribution in [1.82, 2.24) is 9.97 Å². The van der Waals surface area contributed by atoms with Crippen LogP contribution in [0.3, 0.4) is 0 Å². The van der Waals surface area contributed by atoms with Crippen molar-refractivity contribution in [2.24, 2.45) is 0 Å². The van der Waals surface area contributed by atoms with Gasteiger partial charge in [-0.1, -0.05) is 12.2 Å². The SMILES string of the molecule is COc1nc(Cl)ncc1C=CCC(=O)O. The molecule has 80 valence electrons. The normalized spacial score (nSPS) is 10.5. The van der Waals surface area contributed by atoms with Crippen molar-refractivity contribution < 1.29 is 14.6 Å². The zero-order valence-corrected chi connectivity index (χ0v) is 8.73. The molecule has 0 aliphatic carbocycles. The minimum Gasteiger partial charge on any atom is -0.481 e. The van der Waals surface area contributed by atoms with Gasteiger partial charge in [-0.3, -0.25) is 4.79 Å². The third-order valence-electron chi connectivity index (χ3n) is 1.53. The molecule has 1 aromatic rings. The highest BCUT2D eigenvalue weighted by atomic mass is 35.5. The molecule has 0 saturated heterocycles. The van der Waals surface area contributed by atoms with E-state index in [4.69, 9.17) is 21.4 Å². The lowest BCUT2D eigenvalue weighted by atomic mass is 10.2. The Balaban J connectivity index is 2.84. The predicted octanol–water partition coefficient (Wildman–Crippen LogP) is 1.63. The van der Waals surface area contributed by atoms with Crippen molar-refractivity contribution in [2.75, 3.05) is 7.11 Å². The Bertz CT molecular complexity index is 393. The molecule has 0 bridgehead atoms. The first-order valence-electron chi connectivity index (χ1n) is 4.08. The number of hydrogen-bond donors (Lipinski definition) is 1. The quantitative estimate of drug-likeness (QED) is 0.793. The summed E-state index contributed by atoms with van der Waals surface area (Å²) in [6.07, 6.45) is 4.46. The van der Waals surface area contributed by atoms with E-state index in [1.807, 2.05) is 0 Å². The molecule has 0 fully saturated rings. The Morgan fingerprint density at radius 2 is 2.47 bits per heavy atom. The molecule has 0 saturated carbocycles. The number of methoxy groups -OCH3 is 1. The first kappa shape index (κ1) is 11.5. The van der Waals surface area contributed by atoms with Crippen LogP contribution in [0.5, 0.6) is 5.88 Å². The second kappa shape index (κ2) is 5.31. The van der Waals surface area contributed by atoms with E-state index in [2.05, 4.69) is 9.97 Å². The van der Waals surface area contributed by atoms with E-state index in [9.17, 15) is 4.79 Å². The molecule has 1 rings (SSSR count). The topological polar surface area (TPSA) is 72.3 Å². The summed E-state index contributed by atoms with van der Waals surface area (Å²) < 4.78 is 4.95.